The van der Waals surface area contributed by atoms with Crippen LogP contribution in [0.1, 0.15) is 24.0 Å². The van der Waals surface area contributed by atoms with Gasteiger partial charge in [0.2, 0.25) is 0 Å². The fourth-order valence-electron chi connectivity index (χ4n) is 1.64. The van der Waals surface area contributed by atoms with Crippen LogP contribution >= 0.6 is 0 Å². The quantitative estimate of drug-likeness (QED) is 0.531. The molecule has 0 unspecified atom stereocenters. The molecule has 0 spiro atoms. The molecule has 1 nitrogen and oxygen atoms in total. The molecule has 1 aliphatic rings. The van der Waals surface area contributed by atoms with Crippen molar-refractivity contribution in [3.8, 4) is 0 Å². The highest BCUT2D eigenvalue weighted by Crippen LogP contribution is 2.23. The van der Waals surface area contributed by atoms with Gasteiger partial charge in [-0.2, -0.15) is 0 Å². The first-order valence-electron chi connectivity index (χ1n) is 4.09. The van der Waals surface area contributed by atoms with Crippen LogP contribution in [0.3, 0.4) is 0 Å². The first-order chi connectivity index (χ1) is 5.38. The molecule has 1 heterocycles. The smallest absolute Gasteiger partial charge is 0.0387 e. The van der Waals surface area contributed by atoms with E-state index in [2.05, 4.69) is 36.5 Å². The minimum absolute atomic E-state index is 0.625. The molecule has 1 aromatic rings. The van der Waals surface area contributed by atoms with E-state index in [0.29, 0.717) is 5.92 Å². The molecule has 0 aromatic heterocycles. The Balaban J connectivity index is 2.44. The van der Waals surface area contributed by atoms with E-state index in [-0.39, 0.29) is 0 Å². The lowest BCUT2D eigenvalue weighted by atomic mass is 9.93. The lowest BCUT2D eigenvalue weighted by Gasteiger charge is -2.21. The summed E-state index contributed by atoms with van der Waals surface area (Å²) in [5, 5.41) is 4.40. The number of benzene rings is 1. The molecule has 2 rings (SSSR count). The molecule has 0 fully saturated rings. The standard InChI is InChI=1S/C10H12N/c1-8-6-11-7-9-4-2-3-5-10(8)9/h2-5,8H,6-7H2,1H3/t8-/m1/s1. The molecule has 1 heteroatoms. The van der Waals surface area contributed by atoms with E-state index in [9.17, 15) is 0 Å². The minimum atomic E-state index is 0.625. The molecule has 0 aliphatic carbocycles. The monoisotopic (exact) mass is 146 g/mol. The highest BCUT2D eigenvalue weighted by molar-refractivity contribution is 5.31. The van der Waals surface area contributed by atoms with E-state index < -0.39 is 0 Å². The van der Waals surface area contributed by atoms with Crippen molar-refractivity contribution in [3.63, 3.8) is 0 Å². The van der Waals surface area contributed by atoms with Gasteiger partial charge in [0, 0.05) is 13.1 Å². The first-order valence-corrected chi connectivity index (χ1v) is 4.09. The summed E-state index contributed by atoms with van der Waals surface area (Å²) in [6, 6.07) is 8.59. The summed E-state index contributed by atoms with van der Waals surface area (Å²) < 4.78 is 0. The molecule has 0 saturated carbocycles. The van der Waals surface area contributed by atoms with Crippen LogP contribution in [0.25, 0.3) is 0 Å². The van der Waals surface area contributed by atoms with Crippen LogP contribution in [0.4, 0.5) is 0 Å². The topological polar surface area (TPSA) is 14.1 Å². The van der Waals surface area contributed by atoms with Crippen LogP contribution in [-0.4, -0.2) is 6.54 Å². The fourth-order valence-corrected chi connectivity index (χ4v) is 1.64. The predicted molar refractivity (Wildman–Crippen MR) is 45.6 cm³/mol. The zero-order chi connectivity index (χ0) is 7.68. The molecule has 0 amide bonds. The maximum absolute atomic E-state index is 4.40. The first kappa shape index (κ1) is 6.86. The van der Waals surface area contributed by atoms with Crippen molar-refractivity contribution in [2.75, 3.05) is 6.54 Å². The number of hydrogen-bond acceptors (Lipinski definition) is 0. The molecule has 11 heavy (non-hydrogen) atoms. The summed E-state index contributed by atoms with van der Waals surface area (Å²) >= 11 is 0. The van der Waals surface area contributed by atoms with Gasteiger partial charge in [0.15, 0.2) is 0 Å². The van der Waals surface area contributed by atoms with Gasteiger partial charge in [-0.3, -0.25) is 0 Å². The van der Waals surface area contributed by atoms with Crippen molar-refractivity contribution >= 4 is 0 Å². The molecule has 1 aromatic carbocycles. The highest BCUT2D eigenvalue weighted by Gasteiger charge is 2.14. The molecule has 0 saturated heterocycles. The Morgan fingerprint density at radius 3 is 3.00 bits per heavy atom. The van der Waals surface area contributed by atoms with Gasteiger partial charge in [-0.25, -0.2) is 5.32 Å². The zero-order valence-electron chi connectivity index (χ0n) is 6.75. The molecular formula is C10H12N. The van der Waals surface area contributed by atoms with Gasteiger partial charge in [0.1, 0.15) is 0 Å². The van der Waals surface area contributed by atoms with Gasteiger partial charge in [-0.1, -0.05) is 31.2 Å². The van der Waals surface area contributed by atoms with Crippen LogP contribution < -0.4 is 5.32 Å². The van der Waals surface area contributed by atoms with E-state index in [1.807, 2.05) is 0 Å². The predicted octanol–water partition coefficient (Wildman–Crippen LogP) is 1.91. The summed E-state index contributed by atoms with van der Waals surface area (Å²) in [6.07, 6.45) is 0. The summed E-state index contributed by atoms with van der Waals surface area (Å²) in [5.41, 5.74) is 2.90. The van der Waals surface area contributed by atoms with Crippen molar-refractivity contribution in [2.45, 2.75) is 19.4 Å². The van der Waals surface area contributed by atoms with Crippen LogP contribution in [0.2, 0.25) is 0 Å². The number of hydrogen-bond donors (Lipinski definition) is 0. The Morgan fingerprint density at radius 2 is 2.18 bits per heavy atom. The summed E-state index contributed by atoms with van der Waals surface area (Å²) in [6.45, 7) is 4.15. The Labute approximate surface area is 67.4 Å². The third-order valence-electron chi connectivity index (χ3n) is 2.27. The fraction of sp³-hybridized carbons (Fsp3) is 0.400. The van der Waals surface area contributed by atoms with E-state index >= 15 is 0 Å². The van der Waals surface area contributed by atoms with Crippen molar-refractivity contribution in [1.29, 1.82) is 0 Å². The van der Waals surface area contributed by atoms with Gasteiger partial charge in [-0.05, 0) is 17.0 Å². The van der Waals surface area contributed by atoms with E-state index in [0.717, 1.165) is 13.1 Å². The second-order valence-electron chi connectivity index (χ2n) is 3.16. The van der Waals surface area contributed by atoms with Crippen LogP contribution in [-0.2, 0) is 6.54 Å². The molecular weight excluding hydrogens is 134 g/mol. The maximum atomic E-state index is 4.40. The lowest BCUT2D eigenvalue weighted by molar-refractivity contribution is 0.560. The van der Waals surface area contributed by atoms with E-state index in [1.165, 1.54) is 11.1 Å². The van der Waals surface area contributed by atoms with Crippen LogP contribution in [0.15, 0.2) is 24.3 Å². The summed E-state index contributed by atoms with van der Waals surface area (Å²) in [5.74, 6) is 0.625. The van der Waals surface area contributed by atoms with Crippen molar-refractivity contribution in [1.82, 2.24) is 5.32 Å². The highest BCUT2D eigenvalue weighted by atomic mass is 14.9. The second-order valence-corrected chi connectivity index (χ2v) is 3.16. The SMILES string of the molecule is C[C@@H]1C[N]Cc2ccccc21. The average molecular weight is 146 g/mol. The Bertz CT molecular complexity index is 255. The van der Waals surface area contributed by atoms with Crippen molar-refractivity contribution in [2.24, 2.45) is 0 Å². The molecule has 0 bridgehead atoms. The Hall–Kier alpha value is -0.820. The normalized spacial score (nSPS) is 22.8. The van der Waals surface area contributed by atoms with Crippen LogP contribution in [0.5, 0.6) is 0 Å². The number of rotatable bonds is 0. The zero-order valence-corrected chi connectivity index (χ0v) is 6.75. The third kappa shape index (κ3) is 1.16. The van der Waals surface area contributed by atoms with Gasteiger partial charge >= 0.3 is 0 Å². The molecule has 57 valence electrons. The summed E-state index contributed by atoms with van der Waals surface area (Å²) in [4.78, 5) is 0. The van der Waals surface area contributed by atoms with Gasteiger partial charge in [0.25, 0.3) is 0 Å². The Morgan fingerprint density at radius 1 is 1.36 bits per heavy atom. The average Bonchev–Trinajstić information content (AvgIpc) is 2.06. The second kappa shape index (κ2) is 2.67. The maximum Gasteiger partial charge on any atom is 0.0387 e. The molecule has 1 radical (unpaired) electrons. The third-order valence-corrected chi connectivity index (χ3v) is 2.27. The van der Waals surface area contributed by atoms with Gasteiger partial charge in [0.05, 0.1) is 0 Å². The molecule has 1 atom stereocenters. The van der Waals surface area contributed by atoms with Gasteiger partial charge < -0.3 is 0 Å². The minimum Gasteiger partial charge on any atom is -0.236 e. The molecule has 0 N–H and O–H groups in total. The number of fused-ring (bicyclic) bond motifs is 1. The van der Waals surface area contributed by atoms with E-state index in [4.69, 9.17) is 0 Å². The van der Waals surface area contributed by atoms with Crippen molar-refractivity contribution < 1.29 is 0 Å². The summed E-state index contributed by atoms with van der Waals surface area (Å²) in [7, 11) is 0. The molecule has 1 aliphatic heterocycles. The van der Waals surface area contributed by atoms with Crippen LogP contribution in [0, 0.1) is 0 Å². The lowest BCUT2D eigenvalue weighted by Crippen LogP contribution is -2.20. The largest absolute Gasteiger partial charge is 0.236 e. The van der Waals surface area contributed by atoms with Crippen molar-refractivity contribution in [3.05, 3.63) is 35.4 Å². The van der Waals surface area contributed by atoms with Gasteiger partial charge in [-0.15, -0.1) is 0 Å². The number of nitrogens with zero attached hydrogens (tertiary/aromatic N) is 1. The Kier molecular flexibility index (Phi) is 1.66. The van der Waals surface area contributed by atoms with E-state index in [1.54, 1.807) is 0 Å².